The van der Waals surface area contributed by atoms with Gasteiger partial charge in [0.25, 0.3) is 11.7 Å². The van der Waals surface area contributed by atoms with E-state index >= 15 is 0 Å². The standard InChI is InChI=1S/C37H44N4O12/c1-15-11-10-12-16(2)36(49)39-26-27(40-41-38)31(46)23-24(32(26)47)30(45)20(6)34-25(23)35(48)37(8,53-34)51-14-13-22(50-9)17(3)33(52-21(7)42)19(5)29(44)18(4)28(15)43/h10-15,17-19,22,28-29,33,43-45H,1-9H3,(H,39,49)/t15-,17+,18+,19+,22-,28-,29+,33+,37-/m0/s1. The maximum Gasteiger partial charge on any atom is 0.312 e. The topological polar surface area (TPSA) is 244 Å². The lowest BCUT2D eigenvalue weighted by Crippen LogP contribution is -2.46. The van der Waals surface area contributed by atoms with Crippen LogP contribution in [0.1, 0.15) is 85.1 Å². The Labute approximate surface area is 305 Å². The van der Waals surface area contributed by atoms with Gasteiger partial charge in [0.2, 0.25) is 5.78 Å². The third kappa shape index (κ3) is 7.49. The zero-order valence-electron chi connectivity index (χ0n) is 30.9. The maximum absolute atomic E-state index is 14.0. The van der Waals surface area contributed by atoms with Gasteiger partial charge in [-0.2, -0.15) is 0 Å². The number of carbonyl (C=O) groups excluding carboxylic acids is 5. The largest absolute Gasteiger partial charge is 0.507 e. The minimum atomic E-state index is -2.14. The number of hydrogen-bond acceptors (Lipinski definition) is 13. The molecule has 5 bridgehead atoms. The minimum absolute atomic E-state index is 0.0303. The van der Waals surface area contributed by atoms with Crippen molar-refractivity contribution < 1.29 is 58.2 Å². The Morgan fingerprint density at radius 3 is 2.25 bits per heavy atom. The zero-order valence-corrected chi connectivity index (χ0v) is 30.9. The smallest absolute Gasteiger partial charge is 0.312 e. The molecule has 0 unspecified atom stereocenters. The first kappa shape index (κ1) is 40.5. The number of rotatable bonds is 3. The molecule has 16 heteroatoms. The van der Waals surface area contributed by atoms with Gasteiger partial charge in [0.1, 0.15) is 29.0 Å². The zero-order chi connectivity index (χ0) is 39.7. The number of amides is 1. The second kappa shape index (κ2) is 15.8. The van der Waals surface area contributed by atoms with E-state index in [9.17, 15) is 44.8 Å². The first-order valence-electron chi connectivity index (χ1n) is 16.9. The summed E-state index contributed by atoms with van der Waals surface area (Å²) in [5.41, 5.74) is 6.12. The average molecular weight is 737 g/mol. The highest BCUT2D eigenvalue weighted by molar-refractivity contribution is 6.32. The summed E-state index contributed by atoms with van der Waals surface area (Å²) in [4.78, 5) is 70.1. The first-order chi connectivity index (χ1) is 24.8. The van der Waals surface area contributed by atoms with E-state index in [0.717, 1.165) is 6.26 Å². The number of aromatic hydroxyl groups is 1. The van der Waals surface area contributed by atoms with Gasteiger partial charge < -0.3 is 39.6 Å². The Bertz CT molecular complexity index is 1910. The molecule has 1 aliphatic carbocycles. The number of Topliss-reactive ketones (excluding diaryl/α,β-unsaturated/α-hetero) is 3. The number of nitrogens with zero attached hydrogens (tertiary/aromatic N) is 3. The number of phenols is 1. The molecule has 3 aliphatic heterocycles. The molecule has 16 nitrogen and oxygen atoms in total. The number of azide groups is 1. The summed E-state index contributed by atoms with van der Waals surface area (Å²) >= 11 is 0. The molecule has 0 aromatic heterocycles. The highest BCUT2D eigenvalue weighted by Gasteiger charge is 2.52. The van der Waals surface area contributed by atoms with Crippen molar-refractivity contribution in [2.45, 2.75) is 85.6 Å². The van der Waals surface area contributed by atoms with E-state index in [0.29, 0.717) is 0 Å². The predicted octanol–water partition coefficient (Wildman–Crippen LogP) is 4.27. The molecule has 3 heterocycles. The fraction of sp³-hybridized carbons (Fsp3) is 0.486. The molecular formula is C37H44N4O12. The van der Waals surface area contributed by atoms with Crippen LogP contribution in [0.15, 0.2) is 52.6 Å². The predicted molar refractivity (Wildman–Crippen MR) is 187 cm³/mol. The van der Waals surface area contributed by atoms with Gasteiger partial charge >= 0.3 is 11.8 Å². The van der Waals surface area contributed by atoms with Crippen molar-refractivity contribution in [1.29, 1.82) is 0 Å². The molecule has 0 saturated carbocycles. The molecule has 9 atom stereocenters. The van der Waals surface area contributed by atoms with Crippen LogP contribution in [0, 0.1) is 30.6 Å². The molecule has 0 saturated heterocycles. The van der Waals surface area contributed by atoms with Crippen LogP contribution < -0.4 is 10.1 Å². The van der Waals surface area contributed by atoms with E-state index in [1.54, 1.807) is 33.8 Å². The van der Waals surface area contributed by atoms with Crippen molar-refractivity contribution in [3.8, 4) is 11.5 Å². The van der Waals surface area contributed by atoms with E-state index in [-0.39, 0.29) is 16.9 Å². The van der Waals surface area contributed by atoms with Crippen molar-refractivity contribution >= 4 is 29.2 Å². The summed E-state index contributed by atoms with van der Waals surface area (Å²) in [6.45, 7) is 12.0. The number of nitrogens with one attached hydrogen (secondary N) is 1. The van der Waals surface area contributed by atoms with Gasteiger partial charge in [-0.3, -0.25) is 24.0 Å². The van der Waals surface area contributed by atoms with Crippen LogP contribution in [0.3, 0.4) is 0 Å². The Hall–Kier alpha value is -5.28. The van der Waals surface area contributed by atoms with Gasteiger partial charge in [-0.1, -0.05) is 51.0 Å². The average Bonchev–Trinajstić information content (AvgIpc) is 3.38. The molecule has 0 radical (unpaired) electrons. The number of carbonyl (C=O) groups is 5. The van der Waals surface area contributed by atoms with Gasteiger partial charge in [0.15, 0.2) is 5.78 Å². The summed E-state index contributed by atoms with van der Waals surface area (Å²) in [6, 6.07) is 0. The number of methoxy groups -OCH3 is 1. The van der Waals surface area contributed by atoms with Crippen molar-refractivity contribution in [1.82, 2.24) is 5.32 Å². The number of hydrogen-bond donors (Lipinski definition) is 4. The number of fused-ring (bicyclic) bond motifs is 14. The van der Waals surface area contributed by atoms with Crippen LogP contribution in [-0.4, -0.2) is 81.9 Å². The lowest BCUT2D eigenvalue weighted by Gasteiger charge is -2.38. The Balaban J connectivity index is 1.91. The number of allylic oxidation sites excluding steroid dienone is 4. The van der Waals surface area contributed by atoms with Crippen LogP contribution in [0.4, 0.5) is 0 Å². The molecule has 0 spiro atoms. The Kier molecular flexibility index (Phi) is 12.0. The molecule has 0 fully saturated rings. The Morgan fingerprint density at radius 1 is 0.981 bits per heavy atom. The van der Waals surface area contributed by atoms with E-state index in [4.69, 9.17) is 18.9 Å². The summed E-state index contributed by atoms with van der Waals surface area (Å²) in [5, 5.41) is 39.5. The molecule has 1 aromatic rings. The lowest BCUT2D eigenvalue weighted by atomic mass is 9.78. The molecule has 4 aliphatic rings. The fourth-order valence-corrected chi connectivity index (χ4v) is 6.82. The number of ketones is 3. The van der Waals surface area contributed by atoms with E-state index in [1.165, 1.54) is 53.0 Å². The van der Waals surface area contributed by atoms with Crippen molar-refractivity contribution in [2.24, 2.45) is 28.8 Å². The maximum atomic E-state index is 14.0. The number of benzene rings is 1. The van der Waals surface area contributed by atoms with Crippen LogP contribution in [-0.2, 0) is 23.8 Å². The highest BCUT2D eigenvalue weighted by Crippen LogP contribution is 2.48. The summed E-state index contributed by atoms with van der Waals surface area (Å²) in [6.07, 6.45) is 2.97. The monoisotopic (exact) mass is 736 g/mol. The third-order valence-corrected chi connectivity index (χ3v) is 10.1. The minimum Gasteiger partial charge on any atom is -0.507 e. The number of esters is 1. The molecule has 1 aromatic carbocycles. The normalized spacial score (nSPS) is 31.0. The molecule has 5 rings (SSSR count). The van der Waals surface area contributed by atoms with Crippen LogP contribution in [0.25, 0.3) is 10.4 Å². The SMILES string of the molecule is CO[C@H]1C=CO[C@@]2(C)Oc3c(C)c(O)c4c(c3C2=O)C(=O)C(N=[N+]=[N-])=C(NC(=O)C(C)=CC=C[C@H](C)[C@H](O)[C@@H](C)[C@@H](O)[C@@H](C)[C@H](OC(C)=O)[C@@H]1C)C4=O. The van der Waals surface area contributed by atoms with Crippen molar-refractivity contribution in [2.75, 3.05) is 7.11 Å². The van der Waals surface area contributed by atoms with E-state index < -0.39 is 117 Å². The first-order valence-corrected chi connectivity index (χ1v) is 16.9. The van der Waals surface area contributed by atoms with Gasteiger partial charge in [0.05, 0.1) is 41.3 Å². The molecule has 4 N–H and O–H groups in total. The lowest BCUT2D eigenvalue weighted by molar-refractivity contribution is -0.160. The van der Waals surface area contributed by atoms with Gasteiger partial charge in [0, 0.05) is 60.7 Å². The van der Waals surface area contributed by atoms with Gasteiger partial charge in [-0.25, -0.2) is 0 Å². The van der Waals surface area contributed by atoms with Crippen LogP contribution >= 0.6 is 0 Å². The number of aliphatic hydroxyl groups is 2. The number of phenolic OH excluding ortho intramolecular Hbond substituents is 1. The van der Waals surface area contributed by atoms with E-state index in [1.807, 2.05) is 0 Å². The van der Waals surface area contributed by atoms with Gasteiger partial charge in [-0.05, 0) is 25.5 Å². The molecule has 284 valence electrons. The molecule has 1 amide bonds. The van der Waals surface area contributed by atoms with Crippen molar-refractivity contribution in [3.63, 3.8) is 0 Å². The fourth-order valence-electron chi connectivity index (χ4n) is 6.82. The Morgan fingerprint density at radius 2 is 1.64 bits per heavy atom. The quantitative estimate of drug-likeness (QED) is 0.147. The number of aliphatic hydroxyl groups excluding tert-OH is 2. The summed E-state index contributed by atoms with van der Waals surface area (Å²) in [5.74, 6) is -10.4. The van der Waals surface area contributed by atoms with Gasteiger partial charge in [-0.15, -0.1) is 0 Å². The second-order valence-electron chi connectivity index (χ2n) is 13.7. The summed E-state index contributed by atoms with van der Waals surface area (Å²) < 4.78 is 23.1. The van der Waals surface area contributed by atoms with Crippen LogP contribution in [0.2, 0.25) is 0 Å². The highest BCUT2D eigenvalue weighted by atomic mass is 16.7. The number of ether oxygens (including phenoxy) is 4. The third-order valence-electron chi connectivity index (χ3n) is 10.1. The molecule has 53 heavy (non-hydrogen) atoms. The van der Waals surface area contributed by atoms with Crippen LogP contribution in [0.5, 0.6) is 11.5 Å². The second-order valence-corrected chi connectivity index (χ2v) is 13.7. The van der Waals surface area contributed by atoms with E-state index in [2.05, 4.69) is 15.3 Å². The van der Waals surface area contributed by atoms with Crippen molar-refractivity contribution in [3.05, 3.63) is 80.2 Å². The molecular weight excluding hydrogens is 692 g/mol. The summed E-state index contributed by atoms with van der Waals surface area (Å²) in [7, 11) is 1.39.